The van der Waals surface area contributed by atoms with E-state index >= 15 is 0 Å². The number of carbonyl (C=O) groups is 1. The average Bonchev–Trinajstić information content (AvgIpc) is 2.36. The monoisotopic (exact) mass is 159 g/mol. The van der Waals surface area contributed by atoms with Gasteiger partial charge in [0.1, 0.15) is 0 Å². The van der Waals surface area contributed by atoms with Crippen molar-refractivity contribution in [3.63, 3.8) is 0 Å². The van der Waals surface area contributed by atoms with Gasteiger partial charge in [0.25, 0.3) is 0 Å². The molecule has 11 heavy (non-hydrogen) atoms. The molecule has 0 aromatic carbocycles. The van der Waals surface area contributed by atoms with Crippen molar-refractivity contribution in [1.82, 2.24) is 5.06 Å². The fourth-order valence-electron chi connectivity index (χ4n) is 0.951. The van der Waals surface area contributed by atoms with Crippen LogP contribution in [-0.2, 0) is 9.57 Å². The molecule has 0 N–H and O–H groups in total. The summed E-state index contributed by atoms with van der Waals surface area (Å²) in [6, 6.07) is 0. The molecule has 1 rings (SSSR count). The molecule has 0 spiro atoms. The second kappa shape index (κ2) is 3.57. The minimum Gasteiger partial charge on any atom is -0.448 e. The summed E-state index contributed by atoms with van der Waals surface area (Å²) < 4.78 is 4.74. The van der Waals surface area contributed by atoms with E-state index in [1.807, 2.05) is 6.92 Å². The molecule has 1 amide bonds. The van der Waals surface area contributed by atoms with E-state index in [-0.39, 0.29) is 12.2 Å². The summed E-state index contributed by atoms with van der Waals surface area (Å²) in [5.41, 5.74) is 0. The third-order valence-corrected chi connectivity index (χ3v) is 1.52. The Balaban J connectivity index is 2.31. The van der Waals surface area contributed by atoms with Crippen molar-refractivity contribution < 1.29 is 14.4 Å². The molecule has 1 aliphatic rings. The van der Waals surface area contributed by atoms with Crippen LogP contribution >= 0.6 is 0 Å². The van der Waals surface area contributed by atoms with Gasteiger partial charge in [0, 0.05) is 0 Å². The predicted molar refractivity (Wildman–Crippen MR) is 38.9 cm³/mol. The Bertz CT molecular complexity index is 149. The molecule has 4 nitrogen and oxygen atoms in total. The van der Waals surface area contributed by atoms with Crippen molar-refractivity contribution in [2.24, 2.45) is 0 Å². The molecule has 0 aromatic heterocycles. The van der Waals surface area contributed by atoms with Gasteiger partial charge >= 0.3 is 6.09 Å². The van der Waals surface area contributed by atoms with Crippen molar-refractivity contribution >= 4 is 6.09 Å². The SMILES string of the molecule is CCOC(=O)N1CC[C@@H](C)O1. The van der Waals surface area contributed by atoms with Gasteiger partial charge in [-0.05, 0) is 20.3 Å². The maximum absolute atomic E-state index is 11.0. The molecule has 0 bridgehead atoms. The highest BCUT2D eigenvalue weighted by atomic mass is 16.7. The highest BCUT2D eigenvalue weighted by molar-refractivity contribution is 5.66. The van der Waals surface area contributed by atoms with Crippen molar-refractivity contribution in [3.8, 4) is 0 Å². The Morgan fingerprint density at radius 1 is 1.82 bits per heavy atom. The van der Waals surface area contributed by atoms with Crippen LogP contribution in [0.2, 0.25) is 0 Å². The molecule has 1 fully saturated rings. The normalized spacial score (nSPS) is 23.8. The fraction of sp³-hybridized carbons (Fsp3) is 0.857. The first-order valence-corrected chi connectivity index (χ1v) is 3.85. The third-order valence-electron chi connectivity index (χ3n) is 1.52. The number of hydrogen-bond acceptors (Lipinski definition) is 3. The summed E-state index contributed by atoms with van der Waals surface area (Å²) in [6.45, 7) is 4.74. The quantitative estimate of drug-likeness (QED) is 0.576. The predicted octanol–water partition coefficient (Wildman–Crippen LogP) is 1.17. The number of hydrogen-bond donors (Lipinski definition) is 0. The van der Waals surface area contributed by atoms with Gasteiger partial charge in [0.2, 0.25) is 0 Å². The molecule has 64 valence electrons. The van der Waals surface area contributed by atoms with Gasteiger partial charge < -0.3 is 4.74 Å². The highest BCUT2D eigenvalue weighted by Gasteiger charge is 2.25. The second-order valence-corrected chi connectivity index (χ2v) is 2.51. The van der Waals surface area contributed by atoms with Crippen LogP contribution in [0.5, 0.6) is 0 Å². The zero-order valence-corrected chi connectivity index (χ0v) is 6.87. The first-order valence-electron chi connectivity index (χ1n) is 3.85. The Morgan fingerprint density at radius 3 is 3.00 bits per heavy atom. The van der Waals surface area contributed by atoms with E-state index in [4.69, 9.17) is 9.57 Å². The highest BCUT2D eigenvalue weighted by Crippen LogP contribution is 2.13. The number of carbonyl (C=O) groups excluding carboxylic acids is 1. The minimum atomic E-state index is -0.378. The van der Waals surface area contributed by atoms with E-state index in [2.05, 4.69) is 0 Å². The Kier molecular flexibility index (Phi) is 2.70. The Hall–Kier alpha value is -0.770. The molecule has 0 unspecified atom stereocenters. The summed E-state index contributed by atoms with van der Waals surface area (Å²) in [7, 11) is 0. The lowest BCUT2D eigenvalue weighted by Crippen LogP contribution is -2.27. The van der Waals surface area contributed by atoms with Crippen LogP contribution in [-0.4, -0.2) is 30.4 Å². The maximum atomic E-state index is 11.0. The molecule has 1 heterocycles. The summed E-state index contributed by atoms with van der Waals surface area (Å²) >= 11 is 0. The lowest BCUT2D eigenvalue weighted by atomic mass is 10.3. The lowest BCUT2D eigenvalue weighted by Gasteiger charge is -2.13. The van der Waals surface area contributed by atoms with E-state index in [0.29, 0.717) is 13.2 Å². The van der Waals surface area contributed by atoms with Gasteiger partial charge in [-0.15, -0.1) is 0 Å². The number of ether oxygens (including phenoxy) is 1. The summed E-state index contributed by atoms with van der Waals surface area (Å²) in [4.78, 5) is 16.1. The summed E-state index contributed by atoms with van der Waals surface area (Å²) in [5, 5.41) is 1.27. The second-order valence-electron chi connectivity index (χ2n) is 2.51. The van der Waals surface area contributed by atoms with Crippen LogP contribution in [0, 0.1) is 0 Å². The zero-order valence-electron chi connectivity index (χ0n) is 6.87. The van der Waals surface area contributed by atoms with Crippen LogP contribution in [0.3, 0.4) is 0 Å². The van der Waals surface area contributed by atoms with Crippen molar-refractivity contribution in [3.05, 3.63) is 0 Å². The number of hydroxylamine groups is 2. The number of rotatable bonds is 1. The van der Waals surface area contributed by atoms with E-state index in [0.717, 1.165) is 6.42 Å². The first kappa shape index (κ1) is 8.33. The van der Waals surface area contributed by atoms with Crippen LogP contribution in [0.1, 0.15) is 20.3 Å². The largest absolute Gasteiger partial charge is 0.448 e. The Morgan fingerprint density at radius 2 is 2.55 bits per heavy atom. The van der Waals surface area contributed by atoms with Gasteiger partial charge in [-0.1, -0.05) is 0 Å². The third kappa shape index (κ3) is 2.08. The van der Waals surface area contributed by atoms with Crippen LogP contribution in [0.25, 0.3) is 0 Å². The molecule has 1 aliphatic heterocycles. The van der Waals surface area contributed by atoms with Gasteiger partial charge in [-0.25, -0.2) is 4.79 Å². The number of nitrogens with zero attached hydrogens (tertiary/aromatic N) is 1. The lowest BCUT2D eigenvalue weighted by molar-refractivity contribution is -0.119. The molecule has 4 heteroatoms. The molecule has 1 atom stereocenters. The maximum Gasteiger partial charge on any atom is 0.433 e. The van der Waals surface area contributed by atoms with E-state index < -0.39 is 0 Å². The molecule has 0 saturated carbocycles. The topological polar surface area (TPSA) is 38.8 Å². The molecular formula is C7H13NO3. The Labute approximate surface area is 66.0 Å². The zero-order chi connectivity index (χ0) is 8.27. The van der Waals surface area contributed by atoms with Gasteiger partial charge in [-0.3, -0.25) is 4.84 Å². The molecular weight excluding hydrogens is 146 g/mol. The smallest absolute Gasteiger partial charge is 0.433 e. The average molecular weight is 159 g/mol. The standard InChI is InChI=1S/C7H13NO3/c1-3-10-7(9)8-5-4-6(2)11-8/h6H,3-5H2,1-2H3/t6-/m1/s1. The van der Waals surface area contributed by atoms with Gasteiger partial charge in [0.15, 0.2) is 0 Å². The summed E-state index contributed by atoms with van der Waals surface area (Å²) in [5.74, 6) is 0. The van der Waals surface area contributed by atoms with Gasteiger partial charge in [0.05, 0.1) is 19.3 Å². The van der Waals surface area contributed by atoms with Crippen molar-refractivity contribution in [2.75, 3.05) is 13.2 Å². The van der Waals surface area contributed by atoms with E-state index in [9.17, 15) is 4.79 Å². The molecule has 0 aromatic rings. The van der Waals surface area contributed by atoms with E-state index in [1.165, 1.54) is 5.06 Å². The van der Waals surface area contributed by atoms with E-state index in [1.54, 1.807) is 6.92 Å². The number of amides is 1. The molecule has 0 aliphatic carbocycles. The van der Waals surface area contributed by atoms with Crippen LogP contribution in [0.15, 0.2) is 0 Å². The van der Waals surface area contributed by atoms with Crippen molar-refractivity contribution in [1.29, 1.82) is 0 Å². The molecule has 1 saturated heterocycles. The fourth-order valence-corrected chi connectivity index (χ4v) is 0.951. The first-order chi connectivity index (χ1) is 5.24. The van der Waals surface area contributed by atoms with Crippen molar-refractivity contribution in [2.45, 2.75) is 26.4 Å². The molecule has 0 radical (unpaired) electrons. The van der Waals surface area contributed by atoms with Crippen LogP contribution < -0.4 is 0 Å². The van der Waals surface area contributed by atoms with Crippen LogP contribution in [0.4, 0.5) is 4.79 Å². The van der Waals surface area contributed by atoms with Gasteiger partial charge in [-0.2, -0.15) is 5.06 Å². The summed E-state index contributed by atoms with van der Waals surface area (Å²) in [6.07, 6.45) is 0.648. The minimum absolute atomic E-state index is 0.138.